The summed E-state index contributed by atoms with van der Waals surface area (Å²) >= 11 is 1.36. The normalized spacial score (nSPS) is 14.6. The SMILES string of the molecule is O=C(O)c1c(-n2cnnn2)sc2c1CCOC2. The lowest BCUT2D eigenvalue weighted by atomic mass is 10.1. The molecule has 1 N–H and O–H groups in total. The lowest BCUT2D eigenvalue weighted by Crippen LogP contribution is -2.12. The first-order chi connectivity index (χ1) is 8.27. The lowest BCUT2D eigenvalue weighted by molar-refractivity contribution is 0.0692. The van der Waals surface area contributed by atoms with Crippen LogP contribution in [0.4, 0.5) is 0 Å². The van der Waals surface area contributed by atoms with Crippen LogP contribution in [0.1, 0.15) is 20.8 Å². The zero-order valence-corrected chi connectivity index (χ0v) is 9.48. The average Bonchev–Trinajstić information content (AvgIpc) is 2.95. The molecular weight excluding hydrogens is 244 g/mol. The van der Waals surface area contributed by atoms with Gasteiger partial charge in [0.15, 0.2) is 0 Å². The van der Waals surface area contributed by atoms with E-state index in [-0.39, 0.29) is 0 Å². The number of nitrogens with zero attached hydrogens (tertiary/aromatic N) is 4. The summed E-state index contributed by atoms with van der Waals surface area (Å²) in [6.07, 6.45) is 2.01. The first-order valence-electron chi connectivity index (χ1n) is 4.96. The van der Waals surface area contributed by atoms with Crippen LogP contribution >= 0.6 is 11.3 Å². The van der Waals surface area contributed by atoms with E-state index in [4.69, 9.17) is 4.74 Å². The predicted octanol–water partition coefficient (Wildman–Crippen LogP) is 0.495. The van der Waals surface area contributed by atoms with Crippen LogP contribution in [0, 0.1) is 0 Å². The molecule has 0 amide bonds. The Morgan fingerprint density at radius 3 is 3.18 bits per heavy atom. The minimum Gasteiger partial charge on any atom is -0.478 e. The molecule has 1 aliphatic rings. The molecule has 0 aliphatic carbocycles. The Morgan fingerprint density at radius 2 is 2.47 bits per heavy atom. The van der Waals surface area contributed by atoms with Crippen LogP contribution in [-0.2, 0) is 17.8 Å². The molecule has 8 heteroatoms. The Bertz CT molecular complexity index is 563. The van der Waals surface area contributed by atoms with E-state index in [2.05, 4.69) is 15.5 Å². The van der Waals surface area contributed by atoms with Gasteiger partial charge in [-0.05, 0) is 22.4 Å². The molecule has 88 valence electrons. The highest BCUT2D eigenvalue weighted by molar-refractivity contribution is 7.15. The topological polar surface area (TPSA) is 90.1 Å². The zero-order valence-electron chi connectivity index (χ0n) is 8.66. The van der Waals surface area contributed by atoms with Crippen LogP contribution in [0.2, 0.25) is 0 Å². The minimum absolute atomic E-state index is 0.292. The van der Waals surface area contributed by atoms with Crippen LogP contribution in [0.3, 0.4) is 0 Å². The summed E-state index contributed by atoms with van der Waals surface area (Å²) in [6.45, 7) is 1.02. The van der Waals surface area contributed by atoms with Gasteiger partial charge in [0.25, 0.3) is 0 Å². The summed E-state index contributed by atoms with van der Waals surface area (Å²) in [5.41, 5.74) is 1.14. The van der Waals surface area contributed by atoms with Gasteiger partial charge in [0.2, 0.25) is 0 Å². The lowest BCUT2D eigenvalue weighted by Gasteiger charge is -2.11. The number of thiophene rings is 1. The summed E-state index contributed by atoms with van der Waals surface area (Å²) in [5, 5.41) is 20.6. The summed E-state index contributed by atoms with van der Waals surface area (Å²) in [4.78, 5) is 12.3. The van der Waals surface area contributed by atoms with Gasteiger partial charge in [-0.3, -0.25) is 0 Å². The fourth-order valence-electron chi connectivity index (χ4n) is 1.85. The van der Waals surface area contributed by atoms with Gasteiger partial charge in [-0.1, -0.05) is 0 Å². The van der Waals surface area contributed by atoms with Gasteiger partial charge in [-0.25, -0.2) is 4.79 Å². The number of carboxylic acid groups (broad SMARTS) is 1. The molecule has 0 saturated heterocycles. The Kier molecular flexibility index (Phi) is 2.37. The molecular formula is C9H8N4O3S. The molecule has 3 heterocycles. The highest BCUT2D eigenvalue weighted by Crippen LogP contribution is 2.34. The van der Waals surface area contributed by atoms with E-state index in [1.54, 1.807) is 0 Å². The van der Waals surface area contributed by atoms with Crippen molar-refractivity contribution in [1.82, 2.24) is 20.2 Å². The second-order valence-corrected chi connectivity index (χ2v) is 4.63. The fraction of sp³-hybridized carbons (Fsp3) is 0.333. The molecule has 0 atom stereocenters. The van der Waals surface area contributed by atoms with Gasteiger partial charge >= 0.3 is 5.97 Å². The Labute approximate surface area is 99.6 Å². The quantitative estimate of drug-likeness (QED) is 0.836. The number of ether oxygens (including phenoxy) is 1. The molecule has 3 rings (SSSR count). The maximum atomic E-state index is 11.3. The number of fused-ring (bicyclic) bond motifs is 1. The predicted molar refractivity (Wildman–Crippen MR) is 57.4 cm³/mol. The average molecular weight is 252 g/mol. The summed E-state index contributed by atoms with van der Waals surface area (Å²) in [7, 11) is 0. The Morgan fingerprint density at radius 1 is 1.59 bits per heavy atom. The molecule has 0 saturated carbocycles. The number of hydrogen-bond donors (Lipinski definition) is 1. The zero-order chi connectivity index (χ0) is 11.8. The summed E-state index contributed by atoms with van der Waals surface area (Å²) in [6, 6.07) is 0. The third-order valence-electron chi connectivity index (χ3n) is 2.57. The van der Waals surface area contributed by atoms with E-state index in [1.807, 2.05) is 0 Å². The minimum atomic E-state index is -0.949. The molecule has 0 fully saturated rings. The van der Waals surface area contributed by atoms with Crippen molar-refractivity contribution in [1.29, 1.82) is 0 Å². The number of aromatic carboxylic acids is 1. The summed E-state index contributed by atoms with van der Waals surface area (Å²) in [5.74, 6) is -0.949. The van der Waals surface area contributed by atoms with E-state index in [1.165, 1.54) is 22.3 Å². The standard InChI is InChI=1S/C9H8N4O3S/c14-9(15)7-5-1-2-16-3-6(5)17-8(7)13-4-10-11-12-13/h4H,1-3H2,(H,14,15). The molecule has 0 unspecified atom stereocenters. The first kappa shape index (κ1) is 10.4. The van der Waals surface area contributed by atoms with E-state index < -0.39 is 5.97 Å². The molecule has 0 radical (unpaired) electrons. The van der Waals surface area contributed by atoms with Gasteiger partial charge in [0, 0.05) is 4.88 Å². The van der Waals surface area contributed by atoms with E-state index in [0.717, 1.165) is 10.4 Å². The third kappa shape index (κ3) is 1.61. The number of carboxylic acids is 1. The highest BCUT2D eigenvalue weighted by atomic mass is 32.1. The van der Waals surface area contributed by atoms with Crippen LogP contribution in [0.25, 0.3) is 5.00 Å². The fourth-order valence-corrected chi connectivity index (χ4v) is 3.05. The van der Waals surface area contributed by atoms with Crippen LogP contribution in [0.5, 0.6) is 0 Å². The van der Waals surface area contributed by atoms with Gasteiger partial charge in [0.1, 0.15) is 11.3 Å². The van der Waals surface area contributed by atoms with Crippen LogP contribution < -0.4 is 0 Å². The number of hydrogen-bond acceptors (Lipinski definition) is 6. The van der Waals surface area contributed by atoms with E-state index in [9.17, 15) is 9.90 Å². The number of rotatable bonds is 2. The van der Waals surface area contributed by atoms with Gasteiger partial charge < -0.3 is 9.84 Å². The molecule has 0 spiro atoms. The molecule has 1 aliphatic heterocycles. The number of aromatic nitrogens is 4. The first-order valence-corrected chi connectivity index (χ1v) is 5.78. The van der Waals surface area contributed by atoms with Crippen LogP contribution in [0.15, 0.2) is 6.33 Å². The maximum Gasteiger partial charge on any atom is 0.339 e. The monoisotopic (exact) mass is 252 g/mol. The molecule has 0 bridgehead atoms. The second kappa shape index (κ2) is 3.90. The van der Waals surface area contributed by atoms with E-state index >= 15 is 0 Å². The van der Waals surface area contributed by atoms with Crippen LogP contribution in [-0.4, -0.2) is 37.9 Å². The summed E-state index contributed by atoms with van der Waals surface area (Å²) < 4.78 is 6.70. The van der Waals surface area contributed by atoms with Gasteiger partial charge in [-0.15, -0.1) is 16.4 Å². The van der Waals surface area contributed by atoms with Gasteiger partial charge in [-0.2, -0.15) is 4.68 Å². The van der Waals surface area contributed by atoms with E-state index in [0.29, 0.717) is 30.2 Å². The van der Waals surface area contributed by atoms with Crippen molar-refractivity contribution in [2.24, 2.45) is 0 Å². The van der Waals surface area contributed by atoms with Crippen molar-refractivity contribution in [3.63, 3.8) is 0 Å². The number of carbonyl (C=O) groups is 1. The van der Waals surface area contributed by atoms with Crippen molar-refractivity contribution in [3.8, 4) is 5.00 Å². The smallest absolute Gasteiger partial charge is 0.339 e. The third-order valence-corrected chi connectivity index (χ3v) is 3.77. The van der Waals surface area contributed by atoms with Gasteiger partial charge in [0.05, 0.1) is 18.8 Å². The Balaban J connectivity index is 2.21. The molecule has 2 aromatic heterocycles. The molecule has 7 nitrogen and oxygen atoms in total. The Hall–Kier alpha value is -1.80. The molecule has 17 heavy (non-hydrogen) atoms. The highest BCUT2D eigenvalue weighted by Gasteiger charge is 2.26. The molecule has 0 aromatic carbocycles. The van der Waals surface area contributed by atoms with Crippen molar-refractivity contribution < 1.29 is 14.6 Å². The second-order valence-electron chi connectivity index (χ2n) is 3.55. The van der Waals surface area contributed by atoms with Crippen molar-refractivity contribution in [3.05, 3.63) is 22.3 Å². The largest absolute Gasteiger partial charge is 0.478 e. The number of tetrazole rings is 1. The molecule has 2 aromatic rings. The maximum absolute atomic E-state index is 11.3. The van der Waals surface area contributed by atoms with Crippen molar-refractivity contribution in [2.75, 3.05) is 6.61 Å². The van der Waals surface area contributed by atoms with Crippen molar-refractivity contribution in [2.45, 2.75) is 13.0 Å². The van der Waals surface area contributed by atoms with Crippen molar-refractivity contribution >= 4 is 17.3 Å².